The zero-order chi connectivity index (χ0) is 8.10. The van der Waals surface area contributed by atoms with Crippen molar-refractivity contribution in [1.82, 2.24) is 5.32 Å². The van der Waals surface area contributed by atoms with E-state index in [1.165, 1.54) is 0 Å². The van der Waals surface area contributed by atoms with Crippen LogP contribution in [0.25, 0.3) is 0 Å². The molecule has 3 nitrogen and oxygen atoms in total. The van der Waals surface area contributed by atoms with E-state index in [0.29, 0.717) is 0 Å². The Balaban J connectivity index is 2.21. The van der Waals surface area contributed by atoms with Crippen LogP contribution in [-0.2, 0) is 4.79 Å². The molecule has 0 unspecified atom stereocenters. The van der Waals surface area contributed by atoms with E-state index in [2.05, 4.69) is 5.32 Å². The van der Waals surface area contributed by atoms with E-state index in [0.717, 1.165) is 12.8 Å². The lowest BCUT2D eigenvalue weighted by atomic mass is 10.2. The van der Waals surface area contributed by atoms with Gasteiger partial charge in [0, 0.05) is 6.04 Å². The van der Waals surface area contributed by atoms with Gasteiger partial charge >= 0.3 is 0 Å². The Morgan fingerprint density at radius 3 is 2.82 bits per heavy atom. The lowest BCUT2D eigenvalue weighted by molar-refractivity contribution is -0.120. The number of carbonyl (C=O) groups is 1. The van der Waals surface area contributed by atoms with Gasteiger partial charge in [-0.3, -0.25) is 4.79 Å². The third kappa shape index (κ3) is 2.42. The predicted molar refractivity (Wildman–Crippen MR) is 40.5 cm³/mol. The van der Waals surface area contributed by atoms with Crippen molar-refractivity contribution in [3.8, 4) is 6.07 Å². The minimum Gasteiger partial charge on any atom is -0.352 e. The summed E-state index contributed by atoms with van der Waals surface area (Å²) in [6, 6.07) is 2.04. The summed E-state index contributed by atoms with van der Waals surface area (Å²) in [5.41, 5.74) is 0. The molecular weight excluding hydrogens is 140 g/mol. The largest absolute Gasteiger partial charge is 0.352 e. The summed E-state index contributed by atoms with van der Waals surface area (Å²) in [5.74, 6) is -0.166. The number of carbonyl (C=O) groups excluding carboxylic acids is 1. The van der Waals surface area contributed by atoms with Gasteiger partial charge in [-0.2, -0.15) is 5.26 Å². The maximum absolute atomic E-state index is 10.8. The summed E-state index contributed by atoms with van der Waals surface area (Å²) in [4.78, 5) is 10.8. The lowest BCUT2D eigenvalue weighted by Gasteiger charge is -2.09. The smallest absolute Gasteiger partial charge is 0.234 e. The highest BCUT2D eigenvalue weighted by Crippen LogP contribution is 2.08. The first-order valence-corrected chi connectivity index (χ1v) is 3.64. The van der Waals surface area contributed by atoms with E-state index in [4.69, 9.17) is 5.26 Å². The van der Waals surface area contributed by atoms with Crippen LogP contribution in [0.3, 0.4) is 0 Å². The van der Waals surface area contributed by atoms with E-state index < -0.39 is 0 Å². The highest BCUT2D eigenvalue weighted by atomic mass is 16.1. The average Bonchev–Trinajstić information content (AvgIpc) is 2.40. The zero-order valence-corrected chi connectivity index (χ0v) is 6.21. The van der Waals surface area contributed by atoms with Crippen LogP contribution in [-0.4, -0.2) is 11.9 Å². The molecule has 1 rings (SSSR count). The highest BCUT2D eigenvalue weighted by molar-refractivity contribution is 5.78. The Hall–Kier alpha value is -1.30. The van der Waals surface area contributed by atoms with Crippen molar-refractivity contribution < 1.29 is 4.79 Å². The van der Waals surface area contributed by atoms with Gasteiger partial charge in [0.15, 0.2) is 0 Å². The van der Waals surface area contributed by atoms with Crippen molar-refractivity contribution in [1.29, 1.82) is 5.26 Å². The first kappa shape index (κ1) is 7.80. The molecule has 0 fully saturated rings. The molecule has 1 amide bonds. The van der Waals surface area contributed by atoms with Gasteiger partial charge < -0.3 is 5.32 Å². The highest BCUT2D eigenvalue weighted by Gasteiger charge is 2.11. The molecule has 0 saturated heterocycles. The molecule has 11 heavy (non-hydrogen) atoms. The van der Waals surface area contributed by atoms with Crippen molar-refractivity contribution in [3.63, 3.8) is 0 Å². The van der Waals surface area contributed by atoms with Crippen LogP contribution in [0.2, 0.25) is 0 Å². The predicted octanol–water partition coefficient (Wildman–Crippen LogP) is 0.735. The van der Waals surface area contributed by atoms with Gasteiger partial charge in [0.1, 0.15) is 6.42 Å². The maximum Gasteiger partial charge on any atom is 0.234 e. The molecule has 1 aliphatic rings. The molecule has 1 N–H and O–H groups in total. The number of amides is 1. The zero-order valence-electron chi connectivity index (χ0n) is 6.21. The summed E-state index contributed by atoms with van der Waals surface area (Å²) < 4.78 is 0. The Labute approximate surface area is 65.7 Å². The Morgan fingerprint density at radius 1 is 1.64 bits per heavy atom. The monoisotopic (exact) mass is 150 g/mol. The number of nitrogens with zero attached hydrogens (tertiary/aromatic N) is 1. The van der Waals surface area contributed by atoms with Crippen LogP contribution in [0.1, 0.15) is 19.3 Å². The SMILES string of the molecule is N#CCC(=O)NC1CC=CC1. The molecular formula is C8H10N2O. The number of nitrogens with one attached hydrogen (secondary N) is 1. The summed E-state index contributed by atoms with van der Waals surface area (Å²) >= 11 is 0. The van der Waals surface area contributed by atoms with Gasteiger partial charge in [-0.1, -0.05) is 12.2 Å². The number of hydrogen-bond donors (Lipinski definition) is 1. The molecule has 1 aliphatic carbocycles. The van der Waals surface area contributed by atoms with E-state index in [-0.39, 0.29) is 18.4 Å². The molecule has 3 heteroatoms. The standard InChI is InChI=1S/C8H10N2O/c9-6-5-8(11)10-7-3-1-2-4-7/h1-2,7H,3-5H2,(H,10,11). The minimum absolute atomic E-state index is 0.0312. The van der Waals surface area contributed by atoms with Crippen molar-refractivity contribution in [2.75, 3.05) is 0 Å². The van der Waals surface area contributed by atoms with Crippen molar-refractivity contribution in [2.24, 2.45) is 0 Å². The van der Waals surface area contributed by atoms with Gasteiger partial charge in [0.25, 0.3) is 0 Å². The Bertz CT molecular complexity index is 207. The number of nitriles is 1. The van der Waals surface area contributed by atoms with Crippen LogP contribution in [0.5, 0.6) is 0 Å². The van der Waals surface area contributed by atoms with E-state index in [1.54, 1.807) is 0 Å². The summed E-state index contributed by atoms with van der Waals surface area (Å²) in [6.07, 6.45) is 5.85. The Morgan fingerprint density at radius 2 is 2.27 bits per heavy atom. The third-order valence-electron chi connectivity index (χ3n) is 1.61. The number of hydrogen-bond acceptors (Lipinski definition) is 2. The van der Waals surface area contributed by atoms with Crippen LogP contribution >= 0.6 is 0 Å². The van der Waals surface area contributed by atoms with Crippen LogP contribution in [0.15, 0.2) is 12.2 Å². The third-order valence-corrected chi connectivity index (χ3v) is 1.61. The molecule has 0 atom stereocenters. The van der Waals surface area contributed by atoms with Crippen LogP contribution in [0, 0.1) is 11.3 Å². The van der Waals surface area contributed by atoms with Gasteiger partial charge in [-0.25, -0.2) is 0 Å². The summed E-state index contributed by atoms with van der Waals surface area (Å²) in [7, 11) is 0. The fourth-order valence-electron chi connectivity index (χ4n) is 1.09. The quantitative estimate of drug-likeness (QED) is 0.590. The summed E-state index contributed by atoms with van der Waals surface area (Å²) in [5, 5.41) is 10.9. The Kier molecular flexibility index (Phi) is 2.67. The molecule has 58 valence electrons. The molecule has 0 radical (unpaired) electrons. The topological polar surface area (TPSA) is 52.9 Å². The lowest BCUT2D eigenvalue weighted by Crippen LogP contribution is -2.32. The average molecular weight is 150 g/mol. The second-order valence-corrected chi connectivity index (χ2v) is 2.54. The maximum atomic E-state index is 10.8. The molecule has 0 aliphatic heterocycles. The van der Waals surface area contributed by atoms with Gasteiger partial charge in [-0.15, -0.1) is 0 Å². The van der Waals surface area contributed by atoms with Gasteiger partial charge in [0.2, 0.25) is 5.91 Å². The molecule has 0 heterocycles. The molecule has 0 aromatic rings. The van der Waals surface area contributed by atoms with E-state index in [1.807, 2.05) is 18.2 Å². The van der Waals surface area contributed by atoms with Crippen LogP contribution < -0.4 is 5.32 Å². The summed E-state index contributed by atoms with van der Waals surface area (Å²) in [6.45, 7) is 0. The van der Waals surface area contributed by atoms with Crippen molar-refractivity contribution in [3.05, 3.63) is 12.2 Å². The second kappa shape index (κ2) is 3.77. The fraction of sp³-hybridized carbons (Fsp3) is 0.500. The molecule has 0 saturated carbocycles. The van der Waals surface area contributed by atoms with Crippen molar-refractivity contribution >= 4 is 5.91 Å². The molecule has 0 aromatic heterocycles. The number of rotatable bonds is 2. The van der Waals surface area contributed by atoms with E-state index >= 15 is 0 Å². The first-order valence-electron chi connectivity index (χ1n) is 3.64. The van der Waals surface area contributed by atoms with Crippen LogP contribution in [0.4, 0.5) is 0 Å². The first-order chi connectivity index (χ1) is 5.33. The second-order valence-electron chi connectivity index (χ2n) is 2.54. The fourth-order valence-corrected chi connectivity index (χ4v) is 1.09. The minimum atomic E-state index is -0.166. The molecule has 0 aromatic carbocycles. The van der Waals surface area contributed by atoms with Crippen molar-refractivity contribution in [2.45, 2.75) is 25.3 Å². The molecule has 0 spiro atoms. The molecule has 0 bridgehead atoms. The van der Waals surface area contributed by atoms with Gasteiger partial charge in [0.05, 0.1) is 6.07 Å². The van der Waals surface area contributed by atoms with E-state index in [9.17, 15) is 4.79 Å². The van der Waals surface area contributed by atoms with Gasteiger partial charge in [-0.05, 0) is 12.8 Å². The normalized spacial score (nSPS) is 16.3.